The Labute approximate surface area is 127 Å². The molecule has 1 aromatic rings. The van der Waals surface area contributed by atoms with Gasteiger partial charge in [-0.2, -0.15) is 0 Å². The van der Waals surface area contributed by atoms with Crippen molar-refractivity contribution in [2.75, 3.05) is 11.9 Å². The second-order valence-corrected chi connectivity index (χ2v) is 6.07. The minimum absolute atomic E-state index is 0.0121. The van der Waals surface area contributed by atoms with Crippen LogP contribution in [0.3, 0.4) is 0 Å². The largest absolute Gasteiger partial charge is 0.330 e. The van der Waals surface area contributed by atoms with Gasteiger partial charge in [-0.05, 0) is 43.4 Å². The van der Waals surface area contributed by atoms with Crippen LogP contribution in [0.1, 0.15) is 31.2 Å². The predicted octanol–water partition coefficient (Wildman–Crippen LogP) is 3.01. The normalized spacial score (nSPS) is 16.1. The summed E-state index contributed by atoms with van der Waals surface area (Å²) in [5.41, 5.74) is 6.61. The molecular formula is C14H18ClN3O3. The van der Waals surface area contributed by atoms with Crippen LogP contribution in [0.5, 0.6) is 0 Å². The van der Waals surface area contributed by atoms with Crippen LogP contribution >= 0.6 is 11.6 Å². The molecule has 1 saturated carbocycles. The zero-order valence-corrected chi connectivity index (χ0v) is 12.6. The highest BCUT2D eigenvalue weighted by molar-refractivity contribution is 6.33. The monoisotopic (exact) mass is 311 g/mol. The Morgan fingerprint density at radius 2 is 2.19 bits per heavy atom. The third kappa shape index (κ3) is 3.33. The molecule has 1 aliphatic rings. The van der Waals surface area contributed by atoms with E-state index in [1.54, 1.807) is 6.92 Å². The number of nitrogens with zero attached hydrogens (tertiary/aromatic N) is 1. The van der Waals surface area contributed by atoms with Gasteiger partial charge >= 0.3 is 0 Å². The van der Waals surface area contributed by atoms with E-state index >= 15 is 0 Å². The number of nitrogens with one attached hydrogen (secondary N) is 1. The highest BCUT2D eigenvalue weighted by Gasteiger charge is 2.37. The van der Waals surface area contributed by atoms with Gasteiger partial charge < -0.3 is 11.1 Å². The Morgan fingerprint density at radius 1 is 1.52 bits per heavy atom. The molecule has 1 aliphatic carbocycles. The number of aryl methyl sites for hydroxylation is 1. The lowest BCUT2D eigenvalue weighted by Crippen LogP contribution is -2.40. The number of nitro groups is 1. The summed E-state index contributed by atoms with van der Waals surface area (Å²) in [6.07, 6.45) is 3.41. The van der Waals surface area contributed by atoms with Gasteiger partial charge in [-0.25, -0.2) is 0 Å². The van der Waals surface area contributed by atoms with Gasteiger partial charge in [0.1, 0.15) is 5.02 Å². The van der Waals surface area contributed by atoms with Crippen molar-refractivity contribution in [1.29, 1.82) is 0 Å². The van der Waals surface area contributed by atoms with Gasteiger partial charge in [-0.3, -0.25) is 14.9 Å². The average Bonchev–Trinajstić information content (AvgIpc) is 2.37. The molecule has 3 N–H and O–H groups in total. The Morgan fingerprint density at radius 3 is 2.67 bits per heavy atom. The third-order valence-corrected chi connectivity index (χ3v) is 4.45. The molecule has 6 nitrogen and oxygen atoms in total. The summed E-state index contributed by atoms with van der Waals surface area (Å²) in [5.74, 6) is -0.131. The van der Waals surface area contributed by atoms with Crippen LogP contribution in [0.2, 0.25) is 5.02 Å². The summed E-state index contributed by atoms with van der Waals surface area (Å²) >= 11 is 5.87. The van der Waals surface area contributed by atoms with Crippen molar-refractivity contribution in [1.82, 2.24) is 0 Å². The molecule has 1 fully saturated rings. The minimum atomic E-state index is -0.543. The SMILES string of the molecule is Cc1cc([N+](=O)[O-])c(Cl)cc1NC(=O)CC1(CN)CCC1. The van der Waals surface area contributed by atoms with Gasteiger partial charge in [0.15, 0.2) is 0 Å². The molecule has 0 unspecified atom stereocenters. The number of nitro benzene ring substituents is 1. The van der Waals surface area contributed by atoms with Crippen LogP contribution in [-0.2, 0) is 4.79 Å². The first-order chi connectivity index (χ1) is 9.87. The van der Waals surface area contributed by atoms with E-state index in [4.69, 9.17) is 17.3 Å². The predicted molar refractivity (Wildman–Crippen MR) is 81.4 cm³/mol. The maximum absolute atomic E-state index is 12.1. The molecule has 0 bridgehead atoms. The molecule has 7 heteroatoms. The number of carbonyl (C=O) groups is 1. The molecule has 1 aromatic carbocycles. The van der Waals surface area contributed by atoms with E-state index in [2.05, 4.69) is 5.32 Å². The quantitative estimate of drug-likeness (QED) is 0.645. The first kappa shape index (κ1) is 15.7. The third-order valence-electron chi connectivity index (χ3n) is 4.15. The topological polar surface area (TPSA) is 98.3 Å². The molecule has 0 aliphatic heterocycles. The van der Waals surface area contributed by atoms with Gasteiger partial charge in [-0.1, -0.05) is 18.0 Å². The van der Waals surface area contributed by atoms with Gasteiger partial charge in [0.25, 0.3) is 5.69 Å². The van der Waals surface area contributed by atoms with Gasteiger partial charge in [0.2, 0.25) is 5.91 Å². The standard InChI is InChI=1S/C14H18ClN3O3/c1-9-5-12(18(20)21)10(15)6-11(9)17-13(19)7-14(8-16)3-2-4-14/h5-6H,2-4,7-8,16H2,1H3,(H,17,19). The number of carbonyl (C=O) groups excluding carboxylic acids is 1. The fraction of sp³-hybridized carbons (Fsp3) is 0.500. The lowest BCUT2D eigenvalue weighted by Gasteiger charge is -2.40. The molecule has 114 valence electrons. The summed E-state index contributed by atoms with van der Waals surface area (Å²) in [4.78, 5) is 22.4. The van der Waals surface area contributed by atoms with Crippen LogP contribution in [0.15, 0.2) is 12.1 Å². The lowest BCUT2D eigenvalue weighted by atomic mass is 9.66. The van der Waals surface area contributed by atoms with Crippen molar-refractivity contribution < 1.29 is 9.72 Å². The van der Waals surface area contributed by atoms with E-state index in [-0.39, 0.29) is 22.0 Å². The smallest absolute Gasteiger partial charge is 0.288 e. The van der Waals surface area contributed by atoms with Crippen LogP contribution in [0.4, 0.5) is 11.4 Å². The van der Waals surface area contributed by atoms with Crippen molar-refractivity contribution in [2.24, 2.45) is 11.1 Å². The summed E-state index contributed by atoms with van der Waals surface area (Å²) in [7, 11) is 0. The second-order valence-electron chi connectivity index (χ2n) is 5.66. The van der Waals surface area contributed by atoms with E-state index in [9.17, 15) is 14.9 Å². The van der Waals surface area contributed by atoms with Crippen molar-refractivity contribution in [3.63, 3.8) is 0 Å². The van der Waals surface area contributed by atoms with E-state index in [0.717, 1.165) is 19.3 Å². The van der Waals surface area contributed by atoms with Gasteiger partial charge in [0.05, 0.1) is 4.92 Å². The van der Waals surface area contributed by atoms with E-state index in [1.165, 1.54) is 12.1 Å². The first-order valence-electron chi connectivity index (χ1n) is 6.81. The summed E-state index contributed by atoms with van der Waals surface area (Å²) in [5, 5.41) is 13.6. The number of nitrogens with two attached hydrogens (primary N) is 1. The van der Waals surface area contributed by atoms with Crippen molar-refractivity contribution in [2.45, 2.75) is 32.6 Å². The molecule has 0 spiro atoms. The molecule has 1 amide bonds. The first-order valence-corrected chi connectivity index (χ1v) is 7.19. The number of amides is 1. The number of benzene rings is 1. The number of anilines is 1. The zero-order valence-electron chi connectivity index (χ0n) is 11.8. The average molecular weight is 312 g/mol. The van der Waals surface area contributed by atoms with E-state index in [1.807, 2.05) is 0 Å². The lowest BCUT2D eigenvalue weighted by molar-refractivity contribution is -0.384. The highest BCUT2D eigenvalue weighted by atomic mass is 35.5. The van der Waals surface area contributed by atoms with Crippen LogP contribution in [0, 0.1) is 22.5 Å². The zero-order chi connectivity index (χ0) is 15.6. The number of hydrogen-bond donors (Lipinski definition) is 2. The van der Waals surface area contributed by atoms with Gasteiger partial charge in [-0.15, -0.1) is 0 Å². The highest BCUT2D eigenvalue weighted by Crippen LogP contribution is 2.43. The Kier molecular flexibility index (Phi) is 4.49. The van der Waals surface area contributed by atoms with Crippen molar-refractivity contribution >= 4 is 28.9 Å². The Bertz CT molecular complexity index is 580. The maximum Gasteiger partial charge on any atom is 0.288 e. The van der Waals surface area contributed by atoms with Crippen LogP contribution in [0.25, 0.3) is 0 Å². The molecule has 0 heterocycles. The van der Waals surface area contributed by atoms with Gasteiger partial charge in [0, 0.05) is 18.2 Å². The van der Waals surface area contributed by atoms with Crippen LogP contribution < -0.4 is 11.1 Å². The Balaban J connectivity index is 2.11. The summed E-state index contributed by atoms with van der Waals surface area (Å²) in [6, 6.07) is 2.78. The Hall–Kier alpha value is -1.66. The number of hydrogen-bond acceptors (Lipinski definition) is 4. The van der Waals surface area contributed by atoms with Crippen LogP contribution in [-0.4, -0.2) is 17.4 Å². The molecule has 2 rings (SSSR count). The minimum Gasteiger partial charge on any atom is -0.330 e. The van der Waals surface area contributed by atoms with Crippen molar-refractivity contribution in [3.05, 3.63) is 32.8 Å². The molecule has 21 heavy (non-hydrogen) atoms. The summed E-state index contributed by atoms with van der Waals surface area (Å²) < 4.78 is 0. The fourth-order valence-electron chi connectivity index (χ4n) is 2.61. The maximum atomic E-state index is 12.1. The second kappa shape index (κ2) is 5.99. The molecule has 0 radical (unpaired) electrons. The number of halogens is 1. The van der Waals surface area contributed by atoms with E-state index in [0.29, 0.717) is 24.2 Å². The summed E-state index contributed by atoms with van der Waals surface area (Å²) in [6.45, 7) is 2.20. The number of rotatable bonds is 5. The van der Waals surface area contributed by atoms with E-state index < -0.39 is 4.92 Å². The van der Waals surface area contributed by atoms with Crippen molar-refractivity contribution in [3.8, 4) is 0 Å². The fourth-order valence-corrected chi connectivity index (χ4v) is 2.84. The molecule has 0 aromatic heterocycles. The molecular weight excluding hydrogens is 294 g/mol. The molecule has 0 atom stereocenters. The molecule has 0 saturated heterocycles.